The van der Waals surface area contributed by atoms with Crippen LogP contribution in [0.4, 0.5) is 0 Å². The van der Waals surface area contributed by atoms with E-state index in [-0.39, 0.29) is 18.9 Å². The molecule has 19 heavy (non-hydrogen) atoms. The molecule has 0 bridgehead atoms. The van der Waals surface area contributed by atoms with Gasteiger partial charge in [0, 0.05) is 30.3 Å². The van der Waals surface area contributed by atoms with E-state index in [0.717, 1.165) is 5.56 Å². The van der Waals surface area contributed by atoms with Crippen molar-refractivity contribution >= 4 is 17.5 Å². The predicted molar refractivity (Wildman–Crippen MR) is 75.7 cm³/mol. The van der Waals surface area contributed by atoms with Crippen LogP contribution >= 0.6 is 11.6 Å². The molecule has 1 rings (SSSR count). The summed E-state index contributed by atoms with van der Waals surface area (Å²) in [5, 5.41) is 9.41. The summed E-state index contributed by atoms with van der Waals surface area (Å²) in [6.07, 6.45) is 0.843. The molecular formula is C14H20ClNO3. The van der Waals surface area contributed by atoms with Crippen LogP contribution in [0.1, 0.15) is 18.9 Å². The fourth-order valence-electron chi connectivity index (χ4n) is 1.88. The highest BCUT2D eigenvalue weighted by Crippen LogP contribution is 2.23. The Balaban J connectivity index is 2.77. The lowest BCUT2D eigenvalue weighted by Crippen LogP contribution is -2.33. The van der Waals surface area contributed by atoms with Gasteiger partial charge in [0.1, 0.15) is 5.75 Å². The van der Waals surface area contributed by atoms with Crippen LogP contribution < -0.4 is 4.74 Å². The number of ether oxygens (including phenoxy) is 1. The van der Waals surface area contributed by atoms with Gasteiger partial charge in [-0.2, -0.15) is 0 Å². The van der Waals surface area contributed by atoms with Gasteiger partial charge in [0.15, 0.2) is 0 Å². The van der Waals surface area contributed by atoms with Crippen molar-refractivity contribution in [3.63, 3.8) is 0 Å². The molecule has 1 aromatic rings. The number of hydrogen-bond donors (Lipinski definition) is 1. The summed E-state index contributed by atoms with van der Waals surface area (Å²) in [6.45, 7) is 3.20. The first kappa shape index (κ1) is 15.8. The van der Waals surface area contributed by atoms with Crippen molar-refractivity contribution in [3.05, 3.63) is 28.8 Å². The molecule has 1 amide bonds. The van der Waals surface area contributed by atoms with E-state index in [1.54, 1.807) is 30.2 Å². The minimum atomic E-state index is 0.0107. The second kappa shape index (κ2) is 8.02. The molecule has 4 nitrogen and oxygen atoms in total. The summed E-state index contributed by atoms with van der Waals surface area (Å²) in [6, 6.07) is 5.24. The number of methoxy groups -OCH3 is 1. The van der Waals surface area contributed by atoms with Gasteiger partial charge in [-0.05, 0) is 31.5 Å². The Morgan fingerprint density at radius 1 is 1.47 bits per heavy atom. The van der Waals surface area contributed by atoms with Crippen LogP contribution in [-0.2, 0) is 11.2 Å². The lowest BCUT2D eigenvalue weighted by atomic mass is 10.1. The zero-order valence-corrected chi connectivity index (χ0v) is 12.1. The number of aliphatic hydroxyl groups is 1. The van der Waals surface area contributed by atoms with E-state index in [4.69, 9.17) is 21.4 Å². The standard InChI is InChI=1S/C14H20ClNO3/c1-3-16(7-4-8-17)14(18)10-11-9-12(15)5-6-13(11)19-2/h5-6,9,17H,3-4,7-8,10H2,1-2H3. The van der Waals surface area contributed by atoms with Gasteiger partial charge >= 0.3 is 0 Å². The SMILES string of the molecule is CCN(CCCO)C(=O)Cc1cc(Cl)ccc1OC. The van der Waals surface area contributed by atoms with Crippen molar-refractivity contribution in [1.82, 2.24) is 4.90 Å². The number of carbonyl (C=O) groups is 1. The molecule has 5 heteroatoms. The van der Waals surface area contributed by atoms with E-state index < -0.39 is 0 Å². The molecule has 1 N–H and O–H groups in total. The topological polar surface area (TPSA) is 49.8 Å². The lowest BCUT2D eigenvalue weighted by molar-refractivity contribution is -0.130. The molecule has 0 radical (unpaired) electrons. The third-order valence-corrected chi connectivity index (χ3v) is 3.14. The molecule has 106 valence electrons. The highest BCUT2D eigenvalue weighted by Gasteiger charge is 2.14. The average Bonchev–Trinajstić information content (AvgIpc) is 2.40. The molecule has 0 aromatic heterocycles. The Kier molecular flexibility index (Phi) is 6.67. The zero-order chi connectivity index (χ0) is 14.3. The fourth-order valence-corrected chi connectivity index (χ4v) is 2.08. The van der Waals surface area contributed by atoms with E-state index in [1.807, 2.05) is 6.92 Å². The molecular weight excluding hydrogens is 266 g/mol. The summed E-state index contributed by atoms with van der Waals surface area (Å²) in [7, 11) is 1.57. The monoisotopic (exact) mass is 285 g/mol. The van der Waals surface area contributed by atoms with Gasteiger partial charge < -0.3 is 14.7 Å². The molecule has 1 aromatic carbocycles. The number of benzene rings is 1. The van der Waals surface area contributed by atoms with Crippen LogP contribution in [-0.4, -0.2) is 42.7 Å². The number of likely N-dealkylation sites (N-methyl/N-ethyl adjacent to an activating group) is 1. The molecule has 0 saturated heterocycles. The predicted octanol–water partition coefficient (Wildman–Crippen LogP) is 2.12. The highest BCUT2D eigenvalue weighted by atomic mass is 35.5. The number of amides is 1. The largest absolute Gasteiger partial charge is 0.496 e. The maximum absolute atomic E-state index is 12.2. The van der Waals surface area contributed by atoms with Crippen molar-refractivity contribution < 1.29 is 14.6 Å². The van der Waals surface area contributed by atoms with Crippen LogP contribution in [0.2, 0.25) is 5.02 Å². The number of carbonyl (C=O) groups excluding carboxylic acids is 1. The van der Waals surface area contributed by atoms with E-state index >= 15 is 0 Å². The van der Waals surface area contributed by atoms with Gasteiger partial charge in [0.25, 0.3) is 0 Å². The average molecular weight is 286 g/mol. The van der Waals surface area contributed by atoms with E-state index in [0.29, 0.717) is 30.3 Å². The molecule has 0 heterocycles. The van der Waals surface area contributed by atoms with Crippen molar-refractivity contribution in [2.75, 3.05) is 26.8 Å². The Hall–Kier alpha value is -1.26. The molecule has 0 atom stereocenters. The summed E-state index contributed by atoms with van der Waals surface area (Å²) in [5.74, 6) is 0.674. The van der Waals surface area contributed by atoms with Gasteiger partial charge in [-0.3, -0.25) is 4.79 Å². The number of hydrogen-bond acceptors (Lipinski definition) is 3. The first-order valence-electron chi connectivity index (χ1n) is 6.33. The van der Waals surface area contributed by atoms with Crippen LogP contribution in [0.25, 0.3) is 0 Å². The zero-order valence-electron chi connectivity index (χ0n) is 11.4. The van der Waals surface area contributed by atoms with Gasteiger partial charge in [0.05, 0.1) is 13.5 Å². The second-order valence-corrected chi connectivity index (χ2v) is 4.62. The molecule has 0 aliphatic carbocycles. The second-order valence-electron chi connectivity index (χ2n) is 4.18. The van der Waals surface area contributed by atoms with Crippen LogP contribution in [0, 0.1) is 0 Å². The highest BCUT2D eigenvalue weighted by molar-refractivity contribution is 6.30. The fraction of sp³-hybridized carbons (Fsp3) is 0.500. The number of aliphatic hydroxyl groups excluding tert-OH is 1. The van der Waals surface area contributed by atoms with Crippen molar-refractivity contribution in [1.29, 1.82) is 0 Å². The molecule has 0 aliphatic rings. The molecule has 0 aliphatic heterocycles. The molecule has 0 saturated carbocycles. The van der Waals surface area contributed by atoms with Gasteiger partial charge in [0.2, 0.25) is 5.91 Å². The maximum Gasteiger partial charge on any atom is 0.227 e. The summed E-state index contributed by atoms with van der Waals surface area (Å²) < 4.78 is 5.23. The normalized spacial score (nSPS) is 10.3. The molecule has 0 fully saturated rings. The third kappa shape index (κ3) is 4.73. The molecule has 0 spiro atoms. The van der Waals surface area contributed by atoms with Crippen LogP contribution in [0.5, 0.6) is 5.75 Å². The Bertz CT molecular complexity index is 423. The number of rotatable bonds is 7. The minimum Gasteiger partial charge on any atom is -0.496 e. The Labute approximate surface area is 118 Å². The maximum atomic E-state index is 12.2. The molecule has 0 unspecified atom stereocenters. The van der Waals surface area contributed by atoms with Crippen LogP contribution in [0.15, 0.2) is 18.2 Å². The third-order valence-electron chi connectivity index (χ3n) is 2.90. The van der Waals surface area contributed by atoms with Crippen molar-refractivity contribution in [2.45, 2.75) is 19.8 Å². The summed E-state index contributed by atoms with van der Waals surface area (Å²) in [4.78, 5) is 13.9. The minimum absolute atomic E-state index is 0.0107. The first-order chi connectivity index (χ1) is 9.12. The van der Waals surface area contributed by atoms with Crippen LogP contribution in [0.3, 0.4) is 0 Å². The number of nitrogens with zero attached hydrogens (tertiary/aromatic N) is 1. The van der Waals surface area contributed by atoms with E-state index in [1.165, 1.54) is 0 Å². The Morgan fingerprint density at radius 3 is 2.79 bits per heavy atom. The van der Waals surface area contributed by atoms with Gasteiger partial charge in [-0.1, -0.05) is 11.6 Å². The van der Waals surface area contributed by atoms with Crippen molar-refractivity contribution in [3.8, 4) is 5.75 Å². The van der Waals surface area contributed by atoms with Gasteiger partial charge in [-0.25, -0.2) is 0 Å². The number of halogens is 1. The summed E-state index contributed by atoms with van der Waals surface area (Å²) >= 11 is 5.94. The van der Waals surface area contributed by atoms with E-state index in [2.05, 4.69) is 0 Å². The summed E-state index contributed by atoms with van der Waals surface area (Å²) in [5.41, 5.74) is 0.780. The quantitative estimate of drug-likeness (QED) is 0.835. The Morgan fingerprint density at radius 2 is 2.21 bits per heavy atom. The van der Waals surface area contributed by atoms with Gasteiger partial charge in [-0.15, -0.1) is 0 Å². The van der Waals surface area contributed by atoms with E-state index in [9.17, 15) is 4.79 Å². The lowest BCUT2D eigenvalue weighted by Gasteiger charge is -2.21. The van der Waals surface area contributed by atoms with Crippen molar-refractivity contribution in [2.24, 2.45) is 0 Å². The first-order valence-corrected chi connectivity index (χ1v) is 6.71. The smallest absolute Gasteiger partial charge is 0.227 e.